The van der Waals surface area contributed by atoms with Gasteiger partial charge in [0.05, 0.1) is 5.56 Å². The number of aromatic carboxylic acids is 1. The first-order valence-corrected chi connectivity index (χ1v) is 12.3. The van der Waals surface area contributed by atoms with Crippen LogP contribution < -0.4 is 4.74 Å². The Bertz CT molecular complexity index is 1160. The maximum atomic E-state index is 12.6. The number of amides is 1. The summed E-state index contributed by atoms with van der Waals surface area (Å²) in [5.74, 6) is -0.407. The lowest BCUT2D eigenvalue weighted by molar-refractivity contribution is 0.0696. The summed E-state index contributed by atoms with van der Waals surface area (Å²) >= 11 is 0. The van der Waals surface area contributed by atoms with E-state index in [0.717, 1.165) is 62.4 Å². The molecular weight excluding hydrogens is 456 g/mol. The van der Waals surface area contributed by atoms with Gasteiger partial charge in [-0.15, -0.1) is 0 Å². The quantitative estimate of drug-likeness (QED) is 0.486. The minimum Gasteiger partial charge on any atom is -0.478 e. The zero-order valence-corrected chi connectivity index (χ0v) is 20.6. The molecule has 0 saturated carbocycles. The molecule has 0 radical (unpaired) electrons. The summed E-state index contributed by atoms with van der Waals surface area (Å²) in [6.07, 6.45) is 4.57. The van der Waals surface area contributed by atoms with Crippen LogP contribution >= 0.6 is 0 Å². The summed E-state index contributed by atoms with van der Waals surface area (Å²) in [6, 6.07) is 17.1. The molecular formula is C28H32N4O4. The van der Waals surface area contributed by atoms with Crippen molar-refractivity contribution in [1.29, 1.82) is 0 Å². The smallest absolute Gasteiger partial charge is 0.415 e. The Morgan fingerprint density at radius 1 is 0.917 bits per heavy atom. The highest BCUT2D eigenvalue weighted by atomic mass is 16.6. The Kier molecular flexibility index (Phi) is 8.62. The molecule has 1 aliphatic rings. The van der Waals surface area contributed by atoms with Crippen LogP contribution in [0, 0.1) is 6.92 Å². The summed E-state index contributed by atoms with van der Waals surface area (Å²) in [5, 5.41) is 8.95. The Balaban J connectivity index is 1.15. The van der Waals surface area contributed by atoms with Gasteiger partial charge in [-0.1, -0.05) is 18.2 Å². The highest BCUT2D eigenvalue weighted by Gasteiger charge is 2.22. The van der Waals surface area contributed by atoms with Crippen molar-refractivity contribution in [3.8, 4) is 5.75 Å². The van der Waals surface area contributed by atoms with Crippen LogP contribution in [-0.4, -0.2) is 69.7 Å². The number of nitrogens with zero attached hydrogens (tertiary/aromatic N) is 4. The van der Waals surface area contributed by atoms with Gasteiger partial charge in [-0.05, 0) is 81.1 Å². The largest absolute Gasteiger partial charge is 0.478 e. The van der Waals surface area contributed by atoms with Crippen molar-refractivity contribution >= 4 is 12.1 Å². The molecule has 0 aliphatic carbocycles. The third-order valence-corrected chi connectivity index (χ3v) is 6.35. The van der Waals surface area contributed by atoms with Crippen molar-refractivity contribution in [3.05, 3.63) is 89.0 Å². The summed E-state index contributed by atoms with van der Waals surface area (Å²) in [7, 11) is 0. The summed E-state index contributed by atoms with van der Waals surface area (Å²) in [4.78, 5) is 36.4. The Hall–Kier alpha value is -3.78. The Morgan fingerprint density at radius 3 is 2.36 bits per heavy atom. The molecule has 2 aromatic heterocycles. The van der Waals surface area contributed by atoms with Gasteiger partial charge in [0.15, 0.2) is 0 Å². The van der Waals surface area contributed by atoms with E-state index in [1.54, 1.807) is 17.0 Å². The number of aryl methyl sites for hydroxylation is 4. The molecule has 0 atom stereocenters. The van der Waals surface area contributed by atoms with Crippen molar-refractivity contribution < 1.29 is 19.4 Å². The standard InChI is InChI=1S/C28H32N4O4/c1-21-4-2-5-25(30-21)11-7-22-8-13-26(14-9-22)36-28(35)32-18-16-31(17-19-32)15-3-6-24-12-10-23(20-29-24)27(33)34/h2,4-5,8-10,12-14,20H,3,6-7,11,15-19H2,1H3,(H,33,34). The second kappa shape index (κ2) is 12.3. The van der Waals surface area contributed by atoms with Gasteiger partial charge in [-0.2, -0.15) is 0 Å². The van der Waals surface area contributed by atoms with Crippen LogP contribution in [0.4, 0.5) is 4.79 Å². The number of hydrogen-bond donors (Lipinski definition) is 1. The third kappa shape index (κ3) is 7.36. The van der Waals surface area contributed by atoms with Gasteiger partial charge in [-0.3, -0.25) is 14.9 Å². The van der Waals surface area contributed by atoms with Crippen LogP contribution in [0.5, 0.6) is 5.75 Å². The van der Waals surface area contributed by atoms with Crippen molar-refractivity contribution in [2.24, 2.45) is 0 Å². The van der Waals surface area contributed by atoms with E-state index in [1.807, 2.05) is 49.4 Å². The first-order valence-electron chi connectivity index (χ1n) is 12.3. The maximum absolute atomic E-state index is 12.6. The van der Waals surface area contributed by atoms with E-state index in [2.05, 4.69) is 14.9 Å². The summed E-state index contributed by atoms with van der Waals surface area (Å²) < 4.78 is 5.59. The van der Waals surface area contributed by atoms with Crippen LogP contribution in [0.2, 0.25) is 0 Å². The van der Waals surface area contributed by atoms with Crippen molar-refractivity contribution in [3.63, 3.8) is 0 Å². The fourth-order valence-electron chi connectivity index (χ4n) is 4.24. The molecule has 1 aliphatic heterocycles. The zero-order chi connectivity index (χ0) is 25.3. The number of carbonyl (C=O) groups is 2. The second-order valence-corrected chi connectivity index (χ2v) is 9.06. The highest BCUT2D eigenvalue weighted by Crippen LogP contribution is 2.16. The van der Waals surface area contributed by atoms with Gasteiger partial charge in [0, 0.05) is 49.5 Å². The molecule has 8 heteroatoms. The summed E-state index contributed by atoms with van der Waals surface area (Å²) in [6.45, 7) is 5.76. The molecule has 0 bridgehead atoms. The first-order chi connectivity index (χ1) is 17.5. The molecule has 4 rings (SSSR count). The fraction of sp³-hybridized carbons (Fsp3) is 0.357. The number of rotatable bonds is 9. The molecule has 188 valence electrons. The highest BCUT2D eigenvalue weighted by molar-refractivity contribution is 5.87. The van der Waals surface area contributed by atoms with Crippen molar-refractivity contribution in [1.82, 2.24) is 19.8 Å². The number of aromatic nitrogens is 2. The van der Waals surface area contributed by atoms with Crippen LogP contribution in [0.15, 0.2) is 60.8 Å². The van der Waals surface area contributed by atoms with Crippen molar-refractivity contribution in [2.45, 2.75) is 32.6 Å². The van der Waals surface area contributed by atoms with E-state index in [-0.39, 0.29) is 11.7 Å². The van der Waals surface area contributed by atoms with E-state index < -0.39 is 5.97 Å². The van der Waals surface area contributed by atoms with E-state index in [0.29, 0.717) is 18.8 Å². The van der Waals surface area contributed by atoms with Gasteiger partial charge in [0.2, 0.25) is 0 Å². The second-order valence-electron chi connectivity index (χ2n) is 9.06. The predicted molar refractivity (Wildman–Crippen MR) is 136 cm³/mol. The van der Waals surface area contributed by atoms with Crippen molar-refractivity contribution in [2.75, 3.05) is 32.7 Å². The molecule has 1 amide bonds. The molecule has 3 aromatic rings. The van der Waals surface area contributed by atoms with Gasteiger partial charge in [0.25, 0.3) is 0 Å². The zero-order valence-electron chi connectivity index (χ0n) is 20.6. The Labute approximate surface area is 211 Å². The lowest BCUT2D eigenvalue weighted by Gasteiger charge is -2.34. The minimum absolute atomic E-state index is 0.202. The number of benzene rings is 1. The minimum atomic E-state index is -0.964. The van der Waals surface area contributed by atoms with Crippen LogP contribution in [0.25, 0.3) is 0 Å². The number of carboxylic acids is 1. The lowest BCUT2D eigenvalue weighted by Crippen LogP contribution is -2.49. The number of ether oxygens (including phenoxy) is 1. The van der Waals surface area contributed by atoms with E-state index >= 15 is 0 Å². The van der Waals surface area contributed by atoms with Gasteiger partial charge >= 0.3 is 12.1 Å². The topological polar surface area (TPSA) is 95.9 Å². The maximum Gasteiger partial charge on any atom is 0.415 e. The average molecular weight is 489 g/mol. The Morgan fingerprint density at radius 2 is 1.69 bits per heavy atom. The number of carboxylic acid groups (broad SMARTS) is 1. The number of pyridine rings is 2. The van der Waals surface area contributed by atoms with Crippen LogP contribution in [-0.2, 0) is 19.3 Å². The van der Waals surface area contributed by atoms with Gasteiger partial charge in [0.1, 0.15) is 5.75 Å². The molecule has 8 nitrogen and oxygen atoms in total. The van der Waals surface area contributed by atoms with Gasteiger partial charge < -0.3 is 14.7 Å². The normalized spacial score (nSPS) is 14.0. The first kappa shape index (κ1) is 25.3. The molecule has 1 aromatic carbocycles. The SMILES string of the molecule is Cc1cccc(CCc2ccc(OC(=O)N3CCN(CCCc4ccc(C(=O)O)cn4)CC3)cc2)n1. The number of hydrogen-bond acceptors (Lipinski definition) is 6. The van der Waals surface area contributed by atoms with Crippen LogP contribution in [0.3, 0.4) is 0 Å². The van der Waals surface area contributed by atoms with Gasteiger partial charge in [-0.25, -0.2) is 9.59 Å². The van der Waals surface area contributed by atoms with Crippen LogP contribution in [0.1, 0.15) is 39.4 Å². The van der Waals surface area contributed by atoms with E-state index in [1.165, 1.54) is 11.8 Å². The van der Waals surface area contributed by atoms with E-state index in [9.17, 15) is 9.59 Å². The van der Waals surface area contributed by atoms with E-state index in [4.69, 9.17) is 9.84 Å². The fourth-order valence-corrected chi connectivity index (χ4v) is 4.24. The summed E-state index contributed by atoms with van der Waals surface area (Å²) in [5.41, 5.74) is 4.38. The average Bonchev–Trinajstić information content (AvgIpc) is 2.89. The lowest BCUT2D eigenvalue weighted by atomic mass is 10.1. The number of carbonyl (C=O) groups excluding carboxylic acids is 1. The molecule has 1 fully saturated rings. The predicted octanol–water partition coefficient (Wildman–Crippen LogP) is 4.02. The molecule has 0 spiro atoms. The molecule has 0 unspecified atom stereocenters. The molecule has 36 heavy (non-hydrogen) atoms. The molecule has 1 saturated heterocycles. The molecule has 1 N–H and O–H groups in total. The monoisotopic (exact) mass is 488 g/mol. The third-order valence-electron chi connectivity index (χ3n) is 6.35. The molecule has 3 heterocycles. The number of piperazine rings is 1.